The molecule has 128 valence electrons. The summed E-state index contributed by atoms with van der Waals surface area (Å²) in [6, 6.07) is 9.52. The standard InChI is InChI=1S/C17H18N6OS/c1-11-7-12(2)9-14(8-11)20-15(24)10-25-17-22-21-16(23(17)18)13-3-5-19-6-4-13/h3-9H,10,18H2,1-2H3,(H,20,24). The van der Waals surface area contributed by atoms with Crippen molar-refractivity contribution >= 4 is 23.4 Å². The Hall–Kier alpha value is -2.87. The third-order valence-corrected chi connectivity index (χ3v) is 4.38. The highest BCUT2D eigenvalue weighted by Crippen LogP contribution is 2.21. The number of nitrogen functional groups attached to an aromatic ring is 1. The lowest BCUT2D eigenvalue weighted by atomic mass is 10.1. The van der Waals surface area contributed by atoms with Gasteiger partial charge in [-0.15, -0.1) is 10.2 Å². The number of aryl methyl sites for hydroxylation is 2. The number of hydrogen-bond acceptors (Lipinski definition) is 6. The Bertz CT molecular complexity index is 873. The second kappa shape index (κ2) is 7.35. The molecule has 0 atom stereocenters. The zero-order chi connectivity index (χ0) is 17.8. The minimum atomic E-state index is -0.122. The molecule has 0 spiro atoms. The van der Waals surface area contributed by atoms with E-state index in [2.05, 4.69) is 26.6 Å². The Morgan fingerprint density at radius 2 is 1.84 bits per heavy atom. The second-order valence-corrected chi connectivity index (χ2v) is 6.57. The third-order valence-electron chi connectivity index (χ3n) is 3.44. The van der Waals surface area contributed by atoms with E-state index < -0.39 is 0 Å². The topological polar surface area (TPSA) is 98.7 Å². The van der Waals surface area contributed by atoms with E-state index in [1.165, 1.54) is 16.4 Å². The lowest BCUT2D eigenvalue weighted by Crippen LogP contribution is -2.16. The highest BCUT2D eigenvalue weighted by Gasteiger charge is 2.13. The average molecular weight is 354 g/mol. The lowest BCUT2D eigenvalue weighted by molar-refractivity contribution is -0.113. The first kappa shape index (κ1) is 17.0. The number of nitrogens with one attached hydrogen (secondary N) is 1. The maximum Gasteiger partial charge on any atom is 0.234 e. The van der Waals surface area contributed by atoms with Crippen molar-refractivity contribution < 1.29 is 4.79 Å². The van der Waals surface area contributed by atoms with Crippen molar-refractivity contribution in [1.82, 2.24) is 19.9 Å². The van der Waals surface area contributed by atoms with Gasteiger partial charge >= 0.3 is 0 Å². The van der Waals surface area contributed by atoms with Crippen LogP contribution in [-0.4, -0.2) is 31.5 Å². The summed E-state index contributed by atoms with van der Waals surface area (Å²) in [4.78, 5) is 16.1. The van der Waals surface area contributed by atoms with Gasteiger partial charge in [-0.25, -0.2) is 4.68 Å². The largest absolute Gasteiger partial charge is 0.335 e. The maximum atomic E-state index is 12.2. The van der Waals surface area contributed by atoms with E-state index in [9.17, 15) is 4.79 Å². The number of carbonyl (C=O) groups is 1. The average Bonchev–Trinajstić information content (AvgIpc) is 2.93. The van der Waals surface area contributed by atoms with Crippen molar-refractivity contribution in [3.8, 4) is 11.4 Å². The smallest absolute Gasteiger partial charge is 0.234 e. The number of carbonyl (C=O) groups excluding carboxylic acids is 1. The van der Waals surface area contributed by atoms with Crippen LogP contribution in [0.15, 0.2) is 47.9 Å². The van der Waals surface area contributed by atoms with Crippen LogP contribution in [0.5, 0.6) is 0 Å². The SMILES string of the molecule is Cc1cc(C)cc(NC(=O)CSc2nnc(-c3ccncc3)n2N)c1. The Labute approximate surface area is 149 Å². The quantitative estimate of drug-likeness (QED) is 0.539. The van der Waals surface area contributed by atoms with Gasteiger partial charge in [0.2, 0.25) is 11.1 Å². The Morgan fingerprint density at radius 1 is 1.16 bits per heavy atom. The molecule has 0 aliphatic heterocycles. The minimum absolute atomic E-state index is 0.122. The number of pyridine rings is 1. The fraction of sp³-hybridized carbons (Fsp3) is 0.176. The molecule has 0 aliphatic carbocycles. The van der Waals surface area contributed by atoms with Gasteiger partial charge in [0.05, 0.1) is 5.75 Å². The molecule has 3 rings (SSSR count). The Kier molecular flexibility index (Phi) is 4.99. The minimum Gasteiger partial charge on any atom is -0.335 e. The first-order chi connectivity index (χ1) is 12.0. The van der Waals surface area contributed by atoms with E-state index in [-0.39, 0.29) is 11.7 Å². The van der Waals surface area contributed by atoms with Gasteiger partial charge in [0.15, 0.2) is 5.82 Å². The molecular formula is C17H18N6OS. The van der Waals surface area contributed by atoms with Crippen LogP contribution in [0.25, 0.3) is 11.4 Å². The number of rotatable bonds is 5. The van der Waals surface area contributed by atoms with Crippen molar-refractivity contribution in [2.45, 2.75) is 19.0 Å². The van der Waals surface area contributed by atoms with Crippen LogP contribution in [0.1, 0.15) is 11.1 Å². The molecule has 1 amide bonds. The number of nitrogens with two attached hydrogens (primary N) is 1. The molecule has 0 radical (unpaired) electrons. The number of hydrogen-bond donors (Lipinski definition) is 2. The van der Waals surface area contributed by atoms with Gasteiger partial charge in [-0.2, -0.15) is 0 Å². The van der Waals surface area contributed by atoms with Gasteiger partial charge in [-0.1, -0.05) is 17.8 Å². The summed E-state index contributed by atoms with van der Waals surface area (Å²) in [6.45, 7) is 3.99. The molecule has 0 fully saturated rings. The number of thioether (sulfide) groups is 1. The van der Waals surface area contributed by atoms with Crippen molar-refractivity contribution in [3.63, 3.8) is 0 Å². The molecule has 3 N–H and O–H groups in total. The van der Waals surface area contributed by atoms with Gasteiger partial charge in [-0.05, 0) is 49.2 Å². The van der Waals surface area contributed by atoms with Crippen LogP contribution in [0.2, 0.25) is 0 Å². The van der Waals surface area contributed by atoms with Gasteiger partial charge in [0.1, 0.15) is 0 Å². The highest BCUT2D eigenvalue weighted by molar-refractivity contribution is 7.99. The summed E-state index contributed by atoms with van der Waals surface area (Å²) < 4.78 is 1.38. The maximum absolute atomic E-state index is 12.2. The summed E-state index contributed by atoms with van der Waals surface area (Å²) in [5.41, 5.74) is 3.81. The van der Waals surface area contributed by atoms with Crippen molar-refractivity contribution in [1.29, 1.82) is 0 Å². The van der Waals surface area contributed by atoms with Crippen LogP contribution in [0.4, 0.5) is 5.69 Å². The molecular weight excluding hydrogens is 336 g/mol. The van der Waals surface area contributed by atoms with Gasteiger partial charge < -0.3 is 11.2 Å². The molecule has 0 saturated heterocycles. The lowest BCUT2D eigenvalue weighted by Gasteiger charge is -2.07. The van der Waals surface area contributed by atoms with Crippen LogP contribution < -0.4 is 11.2 Å². The third kappa shape index (κ3) is 4.16. The molecule has 0 saturated carbocycles. The molecule has 3 aromatic rings. The van der Waals surface area contributed by atoms with E-state index in [0.29, 0.717) is 11.0 Å². The predicted octanol–water partition coefficient (Wildman–Crippen LogP) is 2.40. The van der Waals surface area contributed by atoms with Crippen LogP contribution >= 0.6 is 11.8 Å². The number of benzene rings is 1. The van der Waals surface area contributed by atoms with Crippen molar-refractivity contribution in [3.05, 3.63) is 53.9 Å². The molecule has 1 aromatic carbocycles. The van der Waals surface area contributed by atoms with E-state index in [4.69, 9.17) is 5.84 Å². The molecule has 0 unspecified atom stereocenters. The zero-order valence-corrected chi connectivity index (χ0v) is 14.7. The number of aromatic nitrogens is 4. The second-order valence-electron chi connectivity index (χ2n) is 5.63. The fourth-order valence-electron chi connectivity index (χ4n) is 2.45. The Morgan fingerprint density at radius 3 is 2.52 bits per heavy atom. The van der Waals surface area contributed by atoms with Crippen molar-refractivity contribution in [2.24, 2.45) is 0 Å². The van der Waals surface area contributed by atoms with Crippen LogP contribution in [0, 0.1) is 13.8 Å². The van der Waals surface area contributed by atoms with Gasteiger partial charge in [0.25, 0.3) is 0 Å². The van der Waals surface area contributed by atoms with E-state index in [1.807, 2.05) is 26.0 Å². The van der Waals surface area contributed by atoms with E-state index in [0.717, 1.165) is 22.4 Å². The predicted molar refractivity (Wildman–Crippen MR) is 98.7 cm³/mol. The molecule has 0 bridgehead atoms. The molecule has 7 nitrogen and oxygen atoms in total. The normalized spacial score (nSPS) is 10.6. The highest BCUT2D eigenvalue weighted by atomic mass is 32.2. The van der Waals surface area contributed by atoms with Gasteiger partial charge in [-0.3, -0.25) is 9.78 Å². The zero-order valence-electron chi connectivity index (χ0n) is 13.9. The summed E-state index contributed by atoms with van der Waals surface area (Å²) in [6.07, 6.45) is 3.32. The summed E-state index contributed by atoms with van der Waals surface area (Å²) in [5, 5.41) is 11.5. The molecule has 25 heavy (non-hydrogen) atoms. The summed E-state index contributed by atoms with van der Waals surface area (Å²) in [7, 11) is 0. The molecule has 2 heterocycles. The summed E-state index contributed by atoms with van der Waals surface area (Å²) >= 11 is 1.23. The molecule has 2 aromatic heterocycles. The first-order valence-corrected chi connectivity index (χ1v) is 8.63. The Balaban J connectivity index is 1.64. The van der Waals surface area contributed by atoms with Crippen LogP contribution in [-0.2, 0) is 4.79 Å². The first-order valence-electron chi connectivity index (χ1n) is 7.65. The number of amides is 1. The van der Waals surface area contributed by atoms with E-state index >= 15 is 0 Å². The number of anilines is 1. The molecule has 0 aliphatic rings. The van der Waals surface area contributed by atoms with Gasteiger partial charge in [0, 0.05) is 23.6 Å². The number of nitrogens with zero attached hydrogens (tertiary/aromatic N) is 4. The fourth-order valence-corrected chi connectivity index (χ4v) is 3.10. The molecule has 8 heteroatoms. The monoisotopic (exact) mass is 354 g/mol. The van der Waals surface area contributed by atoms with Crippen molar-refractivity contribution in [2.75, 3.05) is 16.9 Å². The summed E-state index contributed by atoms with van der Waals surface area (Å²) in [5.74, 6) is 6.63. The van der Waals surface area contributed by atoms with Crippen LogP contribution in [0.3, 0.4) is 0 Å². The van der Waals surface area contributed by atoms with E-state index in [1.54, 1.807) is 24.5 Å².